The van der Waals surface area contributed by atoms with E-state index >= 15 is 0 Å². The summed E-state index contributed by atoms with van der Waals surface area (Å²) in [5, 5.41) is 19.7. The lowest BCUT2D eigenvalue weighted by atomic mass is 9.84. The summed E-state index contributed by atoms with van der Waals surface area (Å²) in [6.07, 6.45) is 6.31. The van der Waals surface area contributed by atoms with Crippen LogP contribution in [0.4, 0.5) is 0 Å². The molecule has 1 aliphatic heterocycles. The highest BCUT2D eigenvalue weighted by atomic mass is 16.3. The molecule has 1 unspecified atom stereocenters. The predicted octanol–water partition coefficient (Wildman–Crippen LogP) is 1.09. The van der Waals surface area contributed by atoms with Gasteiger partial charge in [0.1, 0.15) is 0 Å². The first kappa shape index (κ1) is 18.9. The third-order valence-electron chi connectivity index (χ3n) is 4.69. The maximum atomic E-state index is 11.8. The first-order valence-corrected chi connectivity index (χ1v) is 8.36. The Balaban J connectivity index is 0.000000745. The standard InChI is InChI=1S/C15H28N2O2.CH2O2/c1-2-14(18)11-17-8-6-12(7-9-17)10-16-15(19)13-4-3-5-13;2-1-3/h12-14,18H,2-11H2,1H3,(H,16,19);1H,(H,2,3). The number of β-amino-alcohol motifs (C(OH)–C–C–N with tert-alkyl or cyclic N) is 1. The quantitative estimate of drug-likeness (QED) is 0.639. The summed E-state index contributed by atoms with van der Waals surface area (Å²) < 4.78 is 0. The fraction of sp³-hybridized carbons (Fsp3) is 0.875. The number of carbonyl (C=O) groups is 2. The van der Waals surface area contributed by atoms with Gasteiger partial charge in [-0.2, -0.15) is 0 Å². The zero-order valence-electron chi connectivity index (χ0n) is 13.5. The minimum Gasteiger partial charge on any atom is -0.483 e. The van der Waals surface area contributed by atoms with Crippen LogP contribution in [0, 0.1) is 11.8 Å². The van der Waals surface area contributed by atoms with Gasteiger partial charge in [-0.1, -0.05) is 13.3 Å². The van der Waals surface area contributed by atoms with Crippen molar-refractivity contribution in [2.45, 2.75) is 51.6 Å². The van der Waals surface area contributed by atoms with Crippen LogP contribution in [0.15, 0.2) is 0 Å². The highest BCUT2D eigenvalue weighted by Crippen LogP contribution is 2.26. The van der Waals surface area contributed by atoms with Gasteiger partial charge in [0.25, 0.3) is 6.47 Å². The largest absolute Gasteiger partial charge is 0.483 e. The van der Waals surface area contributed by atoms with E-state index in [2.05, 4.69) is 10.2 Å². The molecule has 0 bridgehead atoms. The fourth-order valence-electron chi connectivity index (χ4n) is 2.86. The molecule has 1 saturated carbocycles. The Labute approximate surface area is 132 Å². The van der Waals surface area contributed by atoms with Crippen LogP contribution in [-0.2, 0) is 9.59 Å². The van der Waals surface area contributed by atoms with Gasteiger partial charge >= 0.3 is 0 Å². The number of nitrogens with zero attached hydrogens (tertiary/aromatic N) is 1. The first-order valence-electron chi connectivity index (χ1n) is 8.36. The van der Waals surface area contributed by atoms with Crippen LogP contribution in [0.3, 0.4) is 0 Å². The summed E-state index contributed by atoms with van der Waals surface area (Å²) in [4.78, 5) is 22.5. The Kier molecular flexibility index (Phi) is 9.08. The lowest BCUT2D eigenvalue weighted by Crippen LogP contribution is -2.43. The molecular weight excluding hydrogens is 284 g/mol. The summed E-state index contributed by atoms with van der Waals surface area (Å²) in [5.41, 5.74) is 0. The minimum absolute atomic E-state index is 0.185. The average Bonchev–Trinajstić information content (AvgIpc) is 2.45. The fourth-order valence-corrected chi connectivity index (χ4v) is 2.86. The van der Waals surface area contributed by atoms with Crippen LogP contribution in [0.5, 0.6) is 0 Å². The molecule has 1 atom stereocenters. The number of carboxylic acid groups (broad SMARTS) is 1. The van der Waals surface area contributed by atoms with Crippen LogP contribution >= 0.6 is 0 Å². The van der Waals surface area contributed by atoms with Crippen molar-refractivity contribution in [2.24, 2.45) is 11.8 Å². The number of rotatable bonds is 6. The molecule has 0 aromatic carbocycles. The van der Waals surface area contributed by atoms with Gasteiger partial charge in [0.2, 0.25) is 5.91 Å². The third kappa shape index (κ3) is 6.75. The Hall–Kier alpha value is -1.14. The molecule has 2 rings (SSSR count). The second-order valence-corrected chi connectivity index (χ2v) is 6.28. The van der Waals surface area contributed by atoms with Crippen molar-refractivity contribution in [1.29, 1.82) is 0 Å². The monoisotopic (exact) mass is 314 g/mol. The van der Waals surface area contributed by atoms with E-state index in [9.17, 15) is 9.90 Å². The Bertz CT molecular complexity index is 326. The van der Waals surface area contributed by atoms with E-state index in [0.29, 0.717) is 11.8 Å². The van der Waals surface area contributed by atoms with Gasteiger partial charge in [-0.25, -0.2) is 0 Å². The zero-order valence-corrected chi connectivity index (χ0v) is 13.5. The summed E-state index contributed by atoms with van der Waals surface area (Å²) in [6, 6.07) is 0. The first-order chi connectivity index (χ1) is 10.6. The predicted molar refractivity (Wildman–Crippen MR) is 84.5 cm³/mol. The van der Waals surface area contributed by atoms with Gasteiger partial charge in [0, 0.05) is 19.0 Å². The molecule has 128 valence electrons. The lowest BCUT2D eigenvalue weighted by Gasteiger charge is -2.33. The molecule has 1 amide bonds. The molecule has 0 radical (unpaired) electrons. The van der Waals surface area contributed by atoms with Crippen molar-refractivity contribution in [1.82, 2.24) is 10.2 Å². The van der Waals surface area contributed by atoms with Crippen LogP contribution < -0.4 is 5.32 Å². The van der Waals surface area contributed by atoms with Crippen molar-refractivity contribution in [3.8, 4) is 0 Å². The van der Waals surface area contributed by atoms with Gasteiger partial charge in [-0.05, 0) is 51.1 Å². The van der Waals surface area contributed by atoms with Crippen molar-refractivity contribution >= 4 is 12.4 Å². The number of hydrogen-bond acceptors (Lipinski definition) is 4. The molecule has 6 heteroatoms. The Morgan fingerprint density at radius 3 is 2.36 bits per heavy atom. The molecule has 22 heavy (non-hydrogen) atoms. The Morgan fingerprint density at radius 2 is 1.91 bits per heavy atom. The van der Waals surface area contributed by atoms with E-state index in [4.69, 9.17) is 9.90 Å². The molecule has 6 nitrogen and oxygen atoms in total. The van der Waals surface area contributed by atoms with Gasteiger partial charge in [0.05, 0.1) is 6.10 Å². The highest BCUT2D eigenvalue weighted by Gasteiger charge is 2.26. The SMILES string of the molecule is CCC(O)CN1CCC(CNC(=O)C2CCC2)CC1.O=CO. The number of piperidine rings is 1. The molecule has 0 spiro atoms. The number of aliphatic hydroxyl groups excluding tert-OH is 1. The topological polar surface area (TPSA) is 89.9 Å². The number of aliphatic hydroxyl groups is 1. The highest BCUT2D eigenvalue weighted by molar-refractivity contribution is 5.79. The number of hydrogen-bond donors (Lipinski definition) is 3. The van der Waals surface area contributed by atoms with Crippen molar-refractivity contribution in [2.75, 3.05) is 26.2 Å². The van der Waals surface area contributed by atoms with Crippen LogP contribution in [0.2, 0.25) is 0 Å². The van der Waals surface area contributed by atoms with Gasteiger partial charge in [-0.15, -0.1) is 0 Å². The molecule has 0 aromatic heterocycles. The van der Waals surface area contributed by atoms with E-state index in [1.807, 2.05) is 6.92 Å². The number of carbonyl (C=O) groups excluding carboxylic acids is 1. The van der Waals surface area contributed by atoms with Gasteiger partial charge in [-0.3, -0.25) is 9.59 Å². The second-order valence-electron chi connectivity index (χ2n) is 6.28. The number of nitrogens with one attached hydrogen (secondary N) is 1. The van der Waals surface area contributed by atoms with E-state index in [-0.39, 0.29) is 18.5 Å². The minimum atomic E-state index is -0.250. The molecule has 3 N–H and O–H groups in total. The third-order valence-corrected chi connectivity index (χ3v) is 4.69. The molecule has 1 saturated heterocycles. The smallest absolute Gasteiger partial charge is 0.290 e. The van der Waals surface area contributed by atoms with E-state index in [1.54, 1.807) is 0 Å². The van der Waals surface area contributed by atoms with Gasteiger partial charge in [0.15, 0.2) is 0 Å². The molecule has 1 heterocycles. The molecule has 0 aromatic rings. The van der Waals surface area contributed by atoms with E-state index < -0.39 is 0 Å². The summed E-state index contributed by atoms with van der Waals surface area (Å²) in [7, 11) is 0. The molecular formula is C16H30N2O4. The maximum absolute atomic E-state index is 11.8. The zero-order chi connectivity index (χ0) is 16.4. The lowest BCUT2D eigenvalue weighted by molar-refractivity contribution is -0.127. The summed E-state index contributed by atoms with van der Waals surface area (Å²) >= 11 is 0. The Morgan fingerprint density at radius 1 is 1.32 bits per heavy atom. The summed E-state index contributed by atoms with van der Waals surface area (Å²) in [6.45, 7) is 5.53. The normalized spacial score (nSPS) is 21.2. The van der Waals surface area contributed by atoms with Crippen molar-refractivity contribution in [3.05, 3.63) is 0 Å². The number of amides is 1. The molecule has 2 fully saturated rings. The van der Waals surface area contributed by atoms with Crippen molar-refractivity contribution in [3.63, 3.8) is 0 Å². The average molecular weight is 314 g/mol. The van der Waals surface area contributed by atoms with E-state index in [1.165, 1.54) is 6.42 Å². The number of likely N-dealkylation sites (tertiary alicyclic amines) is 1. The van der Waals surface area contributed by atoms with E-state index in [0.717, 1.165) is 58.3 Å². The van der Waals surface area contributed by atoms with Crippen molar-refractivity contribution < 1.29 is 19.8 Å². The summed E-state index contributed by atoms with van der Waals surface area (Å²) in [5.74, 6) is 1.20. The molecule has 1 aliphatic carbocycles. The molecule has 2 aliphatic rings. The van der Waals surface area contributed by atoms with Crippen LogP contribution in [0.25, 0.3) is 0 Å². The second kappa shape index (κ2) is 10.6. The van der Waals surface area contributed by atoms with Crippen LogP contribution in [0.1, 0.15) is 45.4 Å². The van der Waals surface area contributed by atoms with Gasteiger partial charge < -0.3 is 20.4 Å². The maximum Gasteiger partial charge on any atom is 0.290 e. The van der Waals surface area contributed by atoms with Crippen LogP contribution in [-0.4, -0.2) is 59.8 Å².